The van der Waals surface area contributed by atoms with E-state index in [-0.39, 0.29) is 12.4 Å². The molecule has 1 amide bonds. The van der Waals surface area contributed by atoms with Gasteiger partial charge in [0.25, 0.3) is 0 Å². The van der Waals surface area contributed by atoms with Gasteiger partial charge in [0.05, 0.1) is 12.5 Å². The molecule has 5 nitrogen and oxygen atoms in total. The monoisotopic (exact) mass is 388 g/mol. The third-order valence-corrected chi connectivity index (χ3v) is 4.02. The van der Waals surface area contributed by atoms with Crippen LogP contribution in [0.25, 0.3) is 0 Å². The molecule has 3 rings (SSSR count). The maximum Gasteiger partial charge on any atom is 0.307 e. The van der Waals surface area contributed by atoms with E-state index in [0.717, 1.165) is 5.56 Å². The summed E-state index contributed by atoms with van der Waals surface area (Å²) in [6.07, 6.45) is 2.92. The molecule has 0 atom stereocenters. The predicted molar refractivity (Wildman–Crippen MR) is 101 cm³/mol. The Bertz CT molecular complexity index is 924. The van der Waals surface area contributed by atoms with Gasteiger partial charge in [0, 0.05) is 21.2 Å². The number of carbonyl (C=O) groups excluding carboxylic acids is 1. The summed E-state index contributed by atoms with van der Waals surface area (Å²) in [4.78, 5) is 11.8. The van der Waals surface area contributed by atoms with Crippen molar-refractivity contribution in [3.05, 3.63) is 87.8 Å². The largest absolute Gasteiger partial charge is 0.488 e. The molecule has 0 saturated carbocycles. The zero-order valence-corrected chi connectivity index (χ0v) is 15.0. The highest BCUT2D eigenvalue weighted by atomic mass is 35.5. The summed E-state index contributed by atoms with van der Waals surface area (Å²) >= 11 is 12.1. The van der Waals surface area contributed by atoms with E-state index in [0.29, 0.717) is 21.4 Å². The van der Waals surface area contributed by atoms with Crippen molar-refractivity contribution >= 4 is 35.3 Å². The Kier molecular flexibility index (Phi) is 5.94. The van der Waals surface area contributed by atoms with E-state index in [1.165, 1.54) is 12.5 Å². The zero-order chi connectivity index (χ0) is 18.4. The van der Waals surface area contributed by atoms with Crippen molar-refractivity contribution in [3.63, 3.8) is 0 Å². The van der Waals surface area contributed by atoms with Crippen LogP contribution in [0, 0.1) is 0 Å². The van der Waals surface area contributed by atoms with E-state index in [9.17, 15) is 4.79 Å². The Morgan fingerprint density at radius 1 is 1.15 bits per heavy atom. The fourth-order valence-electron chi connectivity index (χ4n) is 2.14. The zero-order valence-electron chi connectivity index (χ0n) is 13.5. The van der Waals surface area contributed by atoms with Crippen LogP contribution in [0.2, 0.25) is 10.0 Å². The first-order valence-electron chi connectivity index (χ1n) is 7.66. The minimum absolute atomic E-state index is 0.184. The average molecular weight is 389 g/mol. The van der Waals surface area contributed by atoms with Gasteiger partial charge in [0.2, 0.25) is 0 Å². The molecule has 1 aromatic heterocycles. The minimum Gasteiger partial charge on any atom is -0.488 e. The molecule has 1 N–H and O–H groups in total. The van der Waals surface area contributed by atoms with Crippen LogP contribution >= 0.6 is 23.2 Å². The normalized spacial score (nSPS) is 10.8. The highest BCUT2D eigenvalue weighted by molar-refractivity contribution is 6.35. The number of halogens is 2. The molecule has 132 valence electrons. The van der Waals surface area contributed by atoms with Gasteiger partial charge in [-0.2, -0.15) is 5.10 Å². The van der Waals surface area contributed by atoms with Gasteiger partial charge in [-0.1, -0.05) is 41.4 Å². The number of ether oxygens (including phenoxy) is 1. The molecule has 0 fully saturated rings. The molecule has 26 heavy (non-hydrogen) atoms. The fourth-order valence-corrected chi connectivity index (χ4v) is 2.60. The lowest BCUT2D eigenvalue weighted by atomic mass is 10.2. The van der Waals surface area contributed by atoms with Crippen molar-refractivity contribution < 1.29 is 13.9 Å². The summed E-state index contributed by atoms with van der Waals surface area (Å²) in [5.74, 6) is 0.358. The summed E-state index contributed by atoms with van der Waals surface area (Å²) in [7, 11) is 0. The van der Waals surface area contributed by atoms with Crippen molar-refractivity contribution in [1.82, 2.24) is 5.43 Å². The van der Waals surface area contributed by atoms with Crippen LogP contribution in [0.5, 0.6) is 5.75 Å². The van der Waals surface area contributed by atoms with Gasteiger partial charge in [0.1, 0.15) is 12.4 Å². The Morgan fingerprint density at radius 2 is 2.00 bits per heavy atom. The van der Waals surface area contributed by atoms with Crippen LogP contribution in [-0.4, -0.2) is 12.1 Å². The number of hydrogen-bond donors (Lipinski definition) is 1. The number of hydrogen-bond acceptors (Lipinski definition) is 4. The van der Waals surface area contributed by atoms with Crippen LogP contribution in [0.3, 0.4) is 0 Å². The molecule has 0 radical (unpaired) electrons. The second kappa shape index (κ2) is 8.56. The highest BCUT2D eigenvalue weighted by Crippen LogP contribution is 2.23. The van der Waals surface area contributed by atoms with Gasteiger partial charge < -0.3 is 9.15 Å². The molecule has 3 aromatic rings. The number of benzene rings is 2. The van der Waals surface area contributed by atoms with Crippen LogP contribution < -0.4 is 10.2 Å². The highest BCUT2D eigenvalue weighted by Gasteiger charge is 2.07. The molecule has 1 heterocycles. The second-order valence-corrected chi connectivity index (χ2v) is 6.08. The van der Waals surface area contributed by atoms with E-state index in [1.807, 2.05) is 24.3 Å². The van der Waals surface area contributed by atoms with Crippen molar-refractivity contribution in [1.29, 1.82) is 0 Å². The Balaban J connectivity index is 1.66. The van der Waals surface area contributed by atoms with Gasteiger partial charge in [0.15, 0.2) is 5.76 Å². The maximum atomic E-state index is 11.8. The topological polar surface area (TPSA) is 63.8 Å². The van der Waals surface area contributed by atoms with E-state index >= 15 is 0 Å². The number of nitrogens with one attached hydrogen (secondary N) is 1. The molecule has 0 unspecified atom stereocenters. The first-order chi connectivity index (χ1) is 12.6. The average Bonchev–Trinajstić information content (AvgIpc) is 3.17. The van der Waals surface area contributed by atoms with E-state index in [1.54, 1.807) is 30.3 Å². The fraction of sp³-hybridized carbons (Fsp3) is 0.0526. The summed E-state index contributed by atoms with van der Waals surface area (Å²) in [5, 5.41) is 5.04. The number of nitrogens with zero attached hydrogens (tertiary/aromatic N) is 1. The first kappa shape index (κ1) is 18.0. The molecule has 2 aromatic carbocycles. The molecule has 0 saturated heterocycles. The number of amides is 1. The molecule has 0 aliphatic carbocycles. The summed E-state index contributed by atoms with van der Waals surface area (Å²) in [5.41, 5.74) is 3.92. The van der Waals surface area contributed by atoms with Crippen LogP contribution in [0.1, 0.15) is 21.7 Å². The number of rotatable bonds is 6. The lowest BCUT2D eigenvalue weighted by Crippen LogP contribution is -2.16. The smallest absolute Gasteiger partial charge is 0.307 e. The van der Waals surface area contributed by atoms with Gasteiger partial charge in [-0.05, 0) is 36.4 Å². The van der Waals surface area contributed by atoms with E-state index < -0.39 is 5.91 Å². The molecule has 7 heteroatoms. The number of furan rings is 1. The molecular formula is C19H14Cl2N2O3. The van der Waals surface area contributed by atoms with Crippen LogP contribution in [0.15, 0.2) is 70.4 Å². The minimum atomic E-state index is -0.433. The van der Waals surface area contributed by atoms with Gasteiger partial charge in [-0.25, -0.2) is 5.43 Å². The Morgan fingerprint density at radius 3 is 2.77 bits per heavy atom. The summed E-state index contributed by atoms with van der Waals surface area (Å²) in [6, 6.07) is 15.7. The second-order valence-electron chi connectivity index (χ2n) is 5.24. The third kappa shape index (κ3) is 4.65. The van der Waals surface area contributed by atoms with Crippen LogP contribution in [0.4, 0.5) is 0 Å². The quantitative estimate of drug-likeness (QED) is 0.480. The van der Waals surface area contributed by atoms with Crippen LogP contribution in [-0.2, 0) is 6.61 Å². The predicted octanol–water partition coefficient (Wildman–Crippen LogP) is 4.93. The van der Waals surface area contributed by atoms with E-state index in [4.69, 9.17) is 32.4 Å². The van der Waals surface area contributed by atoms with Crippen molar-refractivity contribution in [2.45, 2.75) is 6.61 Å². The van der Waals surface area contributed by atoms with Crippen molar-refractivity contribution in [2.24, 2.45) is 5.10 Å². The first-order valence-corrected chi connectivity index (χ1v) is 8.42. The standard InChI is InChI=1S/C19H14Cl2N2O3/c20-15-8-7-14(16(21)10-15)12-26-17-5-2-1-4-13(17)11-22-23-19(24)18-6-3-9-25-18/h1-11H,12H2,(H,23,24)/b22-11-. The number of carbonyl (C=O) groups is 1. The SMILES string of the molecule is O=C(N/N=C\c1ccccc1OCc1ccc(Cl)cc1Cl)c1ccco1. The number of hydrazone groups is 1. The Hall–Kier alpha value is -2.76. The van der Waals surface area contributed by atoms with Gasteiger partial charge >= 0.3 is 5.91 Å². The Labute approximate surface area is 160 Å². The van der Waals surface area contributed by atoms with Crippen molar-refractivity contribution in [2.75, 3.05) is 0 Å². The molecule has 0 aliphatic heterocycles. The van der Waals surface area contributed by atoms with Gasteiger partial charge in [-0.3, -0.25) is 4.79 Å². The summed E-state index contributed by atoms with van der Waals surface area (Å²) in [6.45, 7) is 0.277. The maximum absolute atomic E-state index is 11.8. The lowest BCUT2D eigenvalue weighted by molar-refractivity contribution is 0.0927. The van der Waals surface area contributed by atoms with E-state index in [2.05, 4.69) is 10.5 Å². The molecule has 0 aliphatic rings. The molecular weight excluding hydrogens is 375 g/mol. The van der Waals surface area contributed by atoms with Crippen molar-refractivity contribution in [3.8, 4) is 5.75 Å². The van der Waals surface area contributed by atoms with Gasteiger partial charge in [-0.15, -0.1) is 0 Å². The molecule has 0 bridgehead atoms. The number of para-hydroxylation sites is 1. The summed E-state index contributed by atoms with van der Waals surface area (Å²) < 4.78 is 10.8. The molecule has 0 spiro atoms. The lowest BCUT2D eigenvalue weighted by Gasteiger charge is -2.10. The third-order valence-electron chi connectivity index (χ3n) is 3.43.